The number of allylic oxidation sites excluding steroid dienone is 6. The predicted molar refractivity (Wildman–Crippen MR) is 266 cm³/mol. The minimum absolute atomic E-state index is 0.0642. The van der Waals surface area contributed by atoms with Crippen LogP contribution in [0.2, 0.25) is 0 Å². The SMILES string of the molecule is CC/C=C\C/C=C\C/C=C\CCCCCCCCCC(=O)OCC(COC1OC(C(=O)O)C(O)C(O)C1OC(=O)CCCCCCCCCCCCC)OC(=O)CCCCCCCCCCC. The van der Waals surface area contributed by atoms with Crippen molar-refractivity contribution < 1.29 is 58.2 Å². The number of aliphatic hydroxyl groups is 2. The van der Waals surface area contributed by atoms with Gasteiger partial charge in [-0.2, -0.15) is 0 Å². The molecule has 1 saturated heterocycles. The Balaban J connectivity index is 2.68. The van der Waals surface area contributed by atoms with Gasteiger partial charge in [0, 0.05) is 19.3 Å². The lowest BCUT2D eigenvalue weighted by Crippen LogP contribution is -2.61. The molecule has 12 heteroatoms. The predicted octanol–water partition coefficient (Wildman–Crippen LogP) is 12.9. The van der Waals surface area contributed by atoms with Crippen LogP contribution in [0.4, 0.5) is 0 Å². The number of carbonyl (C=O) groups is 4. The first-order chi connectivity index (χ1) is 32.6. The second-order valence-corrected chi connectivity index (χ2v) is 18.5. The van der Waals surface area contributed by atoms with E-state index in [9.17, 15) is 34.5 Å². The zero-order valence-corrected chi connectivity index (χ0v) is 42.4. The Bertz CT molecular complexity index is 1310. The van der Waals surface area contributed by atoms with E-state index < -0.39 is 67.3 Å². The lowest BCUT2D eigenvalue weighted by molar-refractivity contribution is -0.301. The highest BCUT2D eigenvalue weighted by Gasteiger charge is 2.50. The van der Waals surface area contributed by atoms with E-state index in [0.29, 0.717) is 19.3 Å². The van der Waals surface area contributed by atoms with Gasteiger partial charge in [-0.15, -0.1) is 0 Å². The molecule has 0 saturated carbocycles. The number of ether oxygens (including phenoxy) is 5. The molecule has 0 aromatic heterocycles. The van der Waals surface area contributed by atoms with E-state index in [0.717, 1.165) is 96.3 Å². The first-order valence-corrected chi connectivity index (χ1v) is 27.0. The Labute approximate surface area is 406 Å². The van der Waals surface area contributed by atoms with Crippen molar-refractivity contribution in [2.45, 2.75) is 276 Å². The molecule has 388 valence electrons. The molecular formula is C55H96O12. The van der Waals surface area contributed by atoms with Crippen LogP contribution < -0.4 is 0 Å². The number of aliphatic carboxylic acids is 1. The molecule has 1 heterocycles. The summed E-state index contributed by atoms with van der Waals surface area (Å²) in [7, 11) is 0. The summed E-state index contributed by atoms with van der Waals surface area (Å²) in [6, 6.07) is 0. The van der Waals surface area contributed by atoms with Crippen LogP contribution in [0.3, 0.4) is 0 Å². The van der Waals surface area contributed by atoms with Crippen molar-refractivity contribution in [1.29, 1.82) is 0 Å². The first-order valence-electron chi connectivity index (χ1n) is 27.0. The third-order valence-electron chi connectivity index (χ3n) is 12.2. The number of carbonyl (C=O) groups excluding carboxylic acids is 3. The minimum Gasteiger partial charge on any atom is -0.479 e. The molecular weight excluding hydrogens is 853 g/mol. The van der Waals surface area contributed by atoms with Crippen LogP contribution in [0.5, 0.6) is 0 Å². The lowest BCUT2D eigenvalue weighted by atomic mass is 9.98. The van der Waals surface area contributed by atoms with Gasteiger partial charge in [-0.05, 0) is 51.4 Å². The molecule has 0 spiro atoms. The molecule has 67 heavy (non-hydrogen) atoms. The van der Waals surface area contributed by atoms with Crippen LogP contribution in [0.1, 0.15) is 239 Å². The number of rotatable bonds is 45. The van der Waals surface area contributed by atoms with Crippen molar-refractivity contribution >= 4 is 23.9 Å². The highest BCUT2D eigenvalue weighted by Crippen LogP contribution is 2.26. The Morgan fingerprint density at radius 1 is 0.507 bits per heavy atom. The number of hydrogen-bond donors (Lipinski definition) is 3. The maximum atomic E-state index is 13.0. The molecule has 1 rings (SSSR count). The normalized spacial score (nSPS) is 19.1. The third-order valence-corrected chi connectivity index (χ3v) is 12.2. The molecule has 0 bridgehead atoms. The van der Waals surface area contributed by atoms with E-state index in [1.807, 2.05) is 0 Å². The maximum absolute atomic E-state index is 13.0. The first kappa shape index (κ1) is 62.0. The van der Waals surface area contributed by atoms with Gasteiger partial charge in [0.25, 0.3) is 0 Å². The fourth-order valence-electron chi connectivity index (χ4n) is 8.09. The standard InChI is InChI=1S/C55H96O12/c1-4-7-10-13-16-19-21-22-23-24-25-26-28-30-32-35-38-41-47(56)63-44-46(65-48(57)42-39-36-33-29-18-15-12-9-6-3)45-64-55-53(51(60)50(59)52(67-55)54(61)62)66-49(58)43-40-37-34-31-27-20-17-14-11-8-5-2/h7,10,16,19,22-23,46,50-53,55,59-60H,4-6,8-9,11-15,17-18,20-21,24-45H2,1-3H3,(H,61,62)/b10-7-,19-16-,23-22-. The Morgan fingerprint density at radius 2 is 0.940 bits per heavy atom. The van der Waals surface area contributed by atoms with Crippen molar-refractivity contribution in [1.82, 2.24) is 0 Å². The summed E-state index contributed by atoms with van der Waals surface area (Å²) in [6.45, 7) is 5.83. The van der Waals surface area contributed by atoms with Crippen LogP contribution in [0, 0.1) is 0 Å². The zero-order valence-electron chi connectivity index (χ0n) is 42.4. The summed E-state index contributed by atoms with van der Waals surface area (Å²) < 4.78 is 28.3. The molecule has 0 aliphatic carbocycles. The fourth-order valence-corrected chi connectivity index (χ4v) is 8.09. The number of esters is 3. The third kappa shape index (κ3) is 34.8. The smallest absolute Gasteiger partial charge is 0.335 e. The van der Waals surface area contributed by atoms with Gasteiger partial charge in [-0.3, -0.25) is 14.4 Å². The summed E-state index contributed by atoms with van der Waals surface area (Å²) in [5.74, 6) is -3.12. The van der Waals surface area contributed by atoms with Gasteiger partial charge in [0.05, 0.1) is 6.61 Å². The molecule has 6 atom stereocenters. The largest absolute Gasteiger partial charge is 0.479 e. The van der Waals surface area contributed by atoms with Crippen LogP contribution in [-0.4, -0.2) is 89.2 Å². The highest BCUT2D eigenvalue weighted by atomic mass is 16.7. The van der Waals surface area contributed by atoms with E-state index in [1.54, 1.807) is 0 Å². The van der Waals surface area contributed by atoms with E-state index in [2.05, 4.69) is 57.2 Å². The second kappa shape index (κ2) is 44.2. The average Bonchev–Trinajstić information content (AvgIpc) is 3.31. The van der Waals surface area contributed by atoms with Crippen LogP contribution >= 0.6 is 0 Å². The average molecular weight is 949 g/mol. The van der Waals surface area contributed by atoms with Crippen molar-refractivity contribution in [3.05, 3.63) is 36.5 Å². The number of carboxylic acid groups (broad SMARTS) is 1. The van der Waals surface area contributed by atoms with Crippen molar-refractivity contribution in [2.75, 3.05) is 13.2 Å². The monoisotopic (exact) mass is 949 g/mol. The topological polar surface area (TPSA) is 175 Å². The minimum atomic E-state index is -1.90. The summed E-state index contributed by atoms with van der Waals surface area (Å²) in [5.41, 5.74) is 0. The van der Waals surface area contributed by atoms with Gasteiger partial charge < -0.3 is 39.0 Å². The van der Waals surface area contributed by atoms with Gasteiger partial charge in [-0.25, -0.2) is 4.79 Å². The van der Waals surface area contributed by atoms with Gasteiger partial charge >= 0.3 is 23.9 Å². The van der Waals surface area contributed by atoms with Crippen LogP contribution in [-0.2, 0) is 42.9 Å². The van der Waals surface area contributed by atoms with Crippen molar-refractivity contribution in [2.24, 2.45) is 0 Å². The summed E-state index contributed by atoms with van der Waals surface area (Å²) in [5, 5.41) is 31.3. The second-order valence-electron chi connectivity index (χ2n) is 18.5. The van der Waals surface area contributed by atoms with Gasteiger partial charge in [0.15, 0.2) is 24.6 Å². The molecule has 1 aliphatic rings. The quantitative estimate of drug-likeness (QED) is 0.0228. The van der Waals surface area contributed by atoms with Gasteiger partial charge in [-0.1, -0.05) is 205 Å². The van der Waals surface area contributed by atoms with Crippen LogP contribution in [0.15, 0.2) is 36.5 Å². The van der Waals surface area contributed by atoms with E-state index in [4.69, 9.17) is 23.7 Å². The van der Waals surface area contributed by atoms with Crippen LogP contribution in [0.25, 0.3) is 0 Å². The number of carboxylic acids is 1. The molecule has 0 aromatic carbocycles. The maximum Gasteiger partial charge on any atom is 0.335 e. The number of unbranched alkanes of at least 4 members (excludes halogenated alkanes) is 25. The molecule has 1 aliphatic heterocycles. The highest BCUT2D eigenvalue weighted by molar-refractivity contribution is 5.74. The van der Waals surface area contributed by atoms with Crippen molar-refractivity contribution in [3.63, 3.8) is 0 Å². The van der Waals surface area contributed by atoms with Gasteiger partial charge in [0.2, 0.25) is 0 Å². The number of aliphatic hydroxyl groups excluding tert-OH is 2. The molecule has 0 amide bonds. The molecule has 12 nitrogen and oxygen atoms in total. The fraction of sp³-hybridized carbons (Fsp3) is 0.818. The van der Waals surface area contributed by atoms with Crippen molar-refractivity contribution in [3.8, 4) is 0 Å². The lowest BCUT2D eigenvalue weighted by Gasteiger charge is -2.40. The van der Waals surface area contributed by atoms with E-state index in [1.165, 1.54) is 83.5 Å². The zero-order chi connectivity index (χ0) is 49.0. The molecule has 6 unspecified atom stereocenters. The summed E-state index contributed by atoms with van der Waals surface area (Å²) in [6.07, 6.45) is 37.1. The van der Waals surface area contributed by atoms with E-state index >= 15 is 0 Å². The molecule has 0 aromatic rings. The Hall–Kier alpha value is -3.06. The Morgan fingerprint density at radius 3 is 1.43 bits per heavy atom. The summed E-state index contributed by atoms with van der Waals surface area (Å²) in [4.78, 5) is 50.8. The Kier molecular flexibility index (Phi) is 40.8. The van der Waals surface area contributed by atoms with E-state index in [-0.39, 0.29) is 25.9 Å². The summed E-state index contributed by atoms with van der Waals surface area (Å²) >= 11 is 0. The molecule has 1 fully saturated rings. The van der Waals surface area contributed by atoms with Gasteiger partial charge in [0.1, 0.15) is 18.8 Å². The number of hydrogen-bond acceptors (Lipinski definition) is 11. The molecule has 3 N–H and O–H groups in total. The molecule has 0 radical (unpaired) electrons.